The summed E-state index contributed by atoms with van der Waals surface area (Å²) >= 11 is 0. The third-order valence-corrected chi connectivity index (χ3v) is 4.92. The lowest BCUT2D eigenvalue weighted by Gasteiger charge is -2.36. The van der Waals surface area contributed by atoms with Gasteiger partial charge in [0.05, 0.1) is 20.2 Å². The Morgan fingerprint density at radius 1 is 1.12 bits per heavy atom. The zero-order valence-electron chi connectivity index (χ0n) is 15.2. The average molecular weight is 375 g/mol. The van der Waals surface area contributed by atoms with Crippen molar-refractivity contribution in [1.82, 2.24) is 0 Å². The van der Waals surface area contributed by atoms with E-state index in [1.807, 2.05) is 67.7 Å². The number of nitrogens with two attached hydrogens (primary N) is 1. The van der Waals surface area contributed by atoms with Gasteiger partial charge in [0.25, 0.3) is 0 Å². The van der Waals surface area contributed by atoms with Crippen LogP contribution < -0.4 is 18.2 Å². The predicted molar refractivity (Wildman–Crippen MR) is 98.5 cm³/mol. The first kappa shape index (κ1) is 20.4. The number of rotatable bonds is 5. The SMILES string of the molecule is C[N+]1(N)CCCC(COC(=O)C(c2ccccc2)c2ccccc2)C1.[Cl-]. The first-order chi connectivity index (χ1) is 12.1. The number of piperidine rings is 1. The van der Waals surface area contributed by atoms with Crippen LogP contribution in [0.25, 0.3) is 0 Å². The van der Waals surface area contributed by atoms with Gasteiger partial charge >= 0.3 is 5.97 Å². The molecule has 2 atom stereocenters. The molecule has 1 saturated heterocycles. The maximum atomic E-state index is 12.9. The Bertz CT molecular complexity index is 652. The molecule has 2 N–H and O–H groups in total. The summed E-state index contributed by atoms with van der Waals surface area (Å²) in [7, 11) is 2.03. The third kappa shape index (κ3) is 5.31. The summed E-state index contributed by atoms with van der Waals surface area (Å²) in [5, 5.41) is 0. The summed E-state index contributed by atoms with van der Waals surface area (Å²) in [5.41, 5.74) is 1.92. The molecule has 2 aromatic carbocycles. The minimum absolute atomic E-state index is 0. The quantitative estimate of drug-likeness (QED) is 0.458. The lowest BCUT2D eigenvalue weighted by molar-refractivity contribution is -0.929. The van der Waals surface area contributed by atoms with Crippen molar-refractivity contribution in [2.45, 2.75) is 18.8 Å². The van der Waals surface area contributed by atoms with Gasteiger partial charge in [-0.3, -0.25) is 9.39 Å². The highest BCUT2D eigenvalue weighted by Gasteiger charge is 2.31. The number of hydrogen-bond donors (Lipinski definition) is 1. The van der Waals surface area contributed by atoms with E-state index in [0.717, 1.165) is 37.1 Å². The van der Waals surface area contributed by atoms with Gasteiger partial charge < -0.3 is 17.1 Å². The highest BCUT2D eigenvalue weighted by Crippen LogP contribution is 2.27. The Labute approximate surface area is 161 Å². The Balaban J connectivity index is 0.00000243. The summed E-state index contributed by atoms with van der Waals surface area (Å²) in [5.74, 6) is 5.98. The zero-order chi connectivity index (χ0) is 17.7. The fourth-order valence-electron chi connectivity index (χ4n) is 3.69. The molecule has 0 spiro atoms. The number of quaternary nitrogens is 1. The van der Waals surface area contributed by atoms with Gasteiger partial charge in [0, 0.05) is 5.92 Å². The molecule has 0 amide bonds. The van der Waals surface area contributed by atoms with Crippen LogP contribution >= 0.6 is 0 Å². The molecule has 1 heterocycles. The largest absolute Gasteiger partial charge is 1.00 e. The van der Waals surface area contributed by atoms with Crippen molar-refractivity contribution in [3.8, 4) is 0 Å². The molecule has 2 unspecified atom stereocenters. The first-order valence-electron chi connectivity index (χ1n) is 8.95. The van der Waals surface area contributed by atoms with E-state index in [4.69, 9.17) is 10.6 Å². The molecule has 0 radical (unpaired) electrons. The number of ether oxygens (including phenoxy) is 1. The van der Waals surface area contributed by atoms with E-state index in [-0.39, 0.29) is 24.3 Å². The van der Waals surface area contributed by atoms with Crippen LogP contribution in [0.3, 0.4) is 0 Å². The number of benzene rings is 2. The smallest absolute Gasteiger partial charge is 0.317 e. The Hall–Kier alpha value is -1.88. The molecule has 0 aliphatic carbocycles. The van der Waals surface area contributed by atoms with Gasteiger partial charge in [0.1, 0.15) is 12.5 Å². The molecular weight excluding hydrogens is 348 g/mol. The lowest BCUT2D eigenvalue weighted by atomic mass is 9.91. The summed E-state index contributed by atoms with van der Waals surface area (Å²) in [4.78, 5) is 12.9. The topological polar surface area (TPSA) is 52.3 Å². The van der Waals surface area contributed by atoms with Crippen LogP contribution in [0.2, 0.25) is 0 Å². The molecule has 2 aromatic rings. The molecule has 0 aromatic heterocycles. The van der Waals surface area contributed by atoms with Crippen molar-refractivity contribution in [2.24, 2.45) is 11.8 Å². The minimum atomic E-state index is -0.384. The molecule has 0 saturated carbocycles. The van der Waals surface area contributed by atoms with Crippen molar-refractivity contribution in [2.75, 3.05) is 26.7 Å². The molecule has 0 bridgehead atoms. The molecular formula is C21H27ClN2O2. The number of likely N-dealkylation sites (tertiary alicyclic amines) is 1. The lowest BCUT2D eigenvalue weighted by Crippen LogP contribution is -3.00. The van der Waals surface area contributed by atoms with Crippen molar-refractivity contribution in [3.63, 3.8) is 0 Å². The summed E-state index contributed by atoms with van der Waals surface area (Å²) in [6, 6.07) is 19.7. The van der Waals surface area contributed by atoms with Crippen LogP contribution in [0.5, 0.6) is 0 Å². The number of nitrogens with zero attached hydrogens (tertiary/aromatic N) is 1. The second kappa shape index (κ2) is 9.17. The van der Waals surface area contributed by atoms with Crippen LogP contribution in [0.15, 0.2) is 60.7 Å². The van der Waals surface area contributed by atoms with E-state index in [2.05, 4.69) is 0 Å². The van der Waals surface area contributed by atoms with Gasteiger partial charge in [-0.25, -0.2) is 0 Å². The maximum absolute atomic E-state index is 12.9. The molecule has 1 aliphatic rings. The normalized spacial score (nSPS) is 22.5. The Morgan fingerprint density at radius 3 is 2.15 bits per heavy atom. The van der Waals surface area contributed by atoms with Gasteiger partial charge in [-0.2, -0.15) is 5.84 Å². The molecule has 140 valence electrons. The van der Waals surface area contributed by atoms with E-state index in [1.54, 1.807) is 0 Å². The zero-order valence-corrected chi connectivity index (χ0v) is 15.9. The van der Waals surface area contributed by atoms with Crippen LogP contribution in [-0.4, -0.2) is 37.3 Å². The number of hydrogen-bond acceptors (Lipinski definition) is 3. The fraction of sp³-hybridized carbons (Fsp3) is 0.381. The highest BCUT2D eigenvalue weighted by atomic mass is 35.5. The van der Waals surface area contributed by atoms with E-state index in [1.165, 1.54) is 0 Å². The van der Waals surface area contributed by atoms with Gasteiger partial charge in [-0.1, -0.05) is 60.7 Å². The first-order valence-corrected chi connectivity index (χ1v) is 8.95. The third-order valence-electron chi connectivity index (χ3n) is 4.92. The van der Waals surface area contributed by atoms with Gasteiger partial charge in [0.15, 0.2) is 0 Å². The molecule has 1 aliphatic heterocycles. The van der Waals surface area contributed by atoms with Crippen molar-refractivity contribution < 1.29 is 26.5 Å². The van der Waals surface area contributed by atoms with Gasteiger partial charge in [-0.15, -0.1) is 0 Å². The number of esters is 1. The van der Waals surface area contributed by atoms with Crippen LogP contribution in [0.1, 0.15) is 29.9 Å². The molecule has 26 heavy (non-hydrogen) atoms. The monoisotopic (exact) mass is 374 g/mol. The standard InChI is InChI=1S/C21H27N2O2.ClH/c1-23(22)14-8-9-17(15-23)16-25-21(24)20(18-10-4-2-5-11-18)19-12-6-3-7-13-19;/h2-7,10-13,17,20H,8-9,14-16,22H2,1H3;1H/q+1;/p-1. The van der Waals surface area contributed by atoms with Crippen molar-refractivity contribution >= 4 is 5.97 Å². The minimum Gasteiger partial charge on any atom is -1.00 e. The summed E-state index contributed by atoms with van der Waals surface area (Å²) in [6.45, 7) is 2.29. The van der Waals surface area contributed by atoms with Gasteiger partial charge in [-0.05, 0) is 24.0 Å². The average Bonchev–Trinajstić information content (AvgIpc) is 2.61. The molecule has 3 rings (SSSR count). The van der Waals surface area contributed by atoms with Crippen LogP contribution in [-0.2, 0) is 9.53 Å². The fourth-order valence-corrected chi connectivity index (χ4v) is 3.69. The number of halogens is 1. The van der Waals surface area contributed by atoms with E-state index in [9.17, 15) is 4.79 Å². The van der Waals surface area contributed by atoms with Gasteiger partial charge in [0.2, 0.25) is 0 Å². The molecule has 4 nitrogen and oxygen atoms in total. The molecule has 1 fully saturated rings. The van der Waals surface area contributed by atoms with E-state index < -0.39 is 0 Å². The Kier molecular flexibility index (Phi) is 7.21. The number of carbonyl (C=O) groups excluding carboxylic acids is 1. The predicted octanol–water partition coefficient (Wildman–Crippen LogP) is 0.0960. The molecule has 5 heteroatoms. The summed E-state index contributed by atoms with van der Waals surface area (Å²) < 4.78 is 6.26. The maximum Gasteiger partial charge on any atom is 0.317 e. The summed E-state index contributed by atoms with van der Waals surface area (Å²) in [6.07, 6.45) is 2.15. The van der Waals surface area contributed by atoms with E-state index in [0.29, 0.717) is 17.1 Å². The second-order valence-corrected chi connectivity index (χ2v) is 7.28. The van der Waals surface area contributed by atoms with Crippen LogP contribution in [0, 0.1) is 5.92 Å². The van der Waals surface area contributed by atoms with Crippen LogP contribution in [0.4, 0.5) is 0 Å². The van der Waals surface area contributed by atoms with Crippen molar-refractivity contribution in [3.05, 3.63) is 71.8 Å². The van der Waals surface area contributed by atoms with Crippen molar-refractivity contribution in [1.29, 1.82) is 0 Å². The second-order valence-electron chi connectivity index (χ2n) is 7.28. The van der Waals surface area contributed by atoms with E-state index >= 15 is 0 Å². The highest BCUT2D eigenvalue weighted by molar-refractivity contribution is 5.82. The Morgan fingerprint density at radius 2 is 1.65 bits per heavy atom. The number of carbonyl (C=O) groups is 1.